The Balaban J connectivity index is -0.000000992. The Morgan fingerprint density at radius 3 is 1.20 bits per heavy atom. The van der Waals surface area contributed by atoms with Crippen LogP contribution in [-0.2, 0) is 9.59 Å². The molecule has 4 N–H and O–H groups in total. The number of nitrogens with zero attached hydrogens (tertiary/aromatic N) is 1. The molecule has 1 unspecified atom stereocenters. The smallest absolute Gasteiger partial charge is 0.219 e. The van der Waals surface area contributed by atoms with E-state index in [4.69, 9.17) is 5.73 Å². The van der Waals surface area contributed by atoms with Crippen molar-refractivity contribution in [3.63, 3.8) is 0 Å². The van der Waals surface area contributed by atoms with Gasteiger partial charge in [0.2, 0.25) is 11.8 Å². The third kappa shape index (κ3) is 45.9. The summed E-state index contributed by atoms with van der Waals surface area (Å²) in [6, 6.07) is 2.24. The van der Waals surface area contributed by atoms with Crippen molar-refractivity contribution < 1.29 is 19.0 Å². The van der Waals surface area contributed by atoms with Crippen molar-refractivity contribution in [3.8, 4) is 0 Å². The zero-order chi connectivity index (χ0) is 46.2. The highest BCUT2D eigenvalue weighted by Crippen LogP contribution is 2.22. The monoisotopic (exact) mass is 903 g/mol. The third-order valence-corrected chi connectivity index (χ3v) is 13.9. The Labute approximate surface area is 395 Å². The van der Waals surface area contributed by atoms with Gasteiger partial charge in [-0.05, 0) is 125 Å². The quantitative estimate of drug-likeness (QED) is 0.0240. The predicted octanol–water partition coefficient (Wildman–Crippen LogP) is 13.9. The molecule has 0 saturated heterocycles. The zero-order valence-corrected chi connectivity index (χ0v) is 44.8. The Hall–Kier alpha value is -0.440. The molecule has 1 atom stereocenters. The molecule has 6 nitrogen and oxygen atoms in total. The largest absolute Gasteiger partial charge is 0.370 e. The number of nitrogens with one attached hydrogen (secondary N) is 2. The molecule has 0 saturated carbocycles. The summed E-state index contributed by atoms with van der Waals surface area (Å²) in [5.74, 6) is 2.02. The molecule has 0 spiro atoms. The van der Waals surface area contributed by atoms with Crippen molar-refractivity contribution in [1.29, 1.82) is 0 Å². The van der Waals surface area contributed by atoms with E-state index in [-0.39, 0.29) is 11.8 Å². The Morgan fingerprint density at radius 1 is 0.508 bits per heavy atom. The maximum absolute atomic E-state index is 11.7. The van der Waals surface area contributed by atoms with Crippen LogP contribution in [0.5, 0.6) is 0 Å². The standard InChI is InChI=1S/C25H52N2OS.C24H50N2O.C4H10S/c1-4-27(24(2)3)22-18-15-13-11-9-7-5-6-8-10-12-14-16-20-25(28)26-21-17-19-23-29;1-6-26(22(2)3,23(4)5)21-19-17-15-13-11-9-7-8-10-12-14-16-18-20-24(25)27;1-2-3-4-5/h24,29H,4-23H2,1-3H3,(H,26,28);22-23H,6-21H2,1-5H3,(H-,25,27);5H,2-4H2,1H3/p+2. The van der Waals surface area contributed by atoms with Gasteiger partial charge in [0.25, 0.3) is 0 Å². The lowest BCUT2D eigenvalue weighted by Crippen LogP contribution is -3.14. The molecule has 0 heterocycles. The minimum absolute atomic E-state index is 0.154. The second-order valence-electron chi connectivity index (χ2n) is 19.3. The first-order valence-corrected chi connectivity index (χ1v) is 28.1. The number of quaternary nitrogens is 2. The summed E-state index contributed by atoms with van der Waals surface area (Å²) in [6.07, 6.45) is 40.8. The molecule has 61 heavy (non-hydrogen) atoms. The van der Waals surface area contributed by atoms with Crippen LogP contribution in [-0.4, -0.2) is 78.7 Å². The number of unbranched alkanes of at least 4 members (excludes halogenated alkanes) is 26. The maximum atomic E-state index is 11.7. The van der Waals surface area contributed by atoms with Gasteiger partial charge in [-0.25, -0.2) is 0 Å². The van der Waals surface area contributed by atoms with E-state index in [1.165, 1.54) is 191 Å². The van der Waals surface area contributed by atoms with E-state index in [0.29, 0.717) is 12.8 Å². The van der Waals surface area contributed by atoms with Crippen LogP contribution >= 0.6 is 25.3 Å². The Bertz CT molecular complexity index is 878. The van der Waals surface area contributed by atoms with Crippen LogP contribution < -0.4 is 16.0 Å². The van der Waals surface area contributed by atoms with Gasteiger partial charge in [-0.3, -0.25) is 9.59 Å². The van der Waals surface area contributed by atoms with Gasteiger partial charge in [0.1, 0.15) is 0 Å². The molecule has 0 aromatic heterocycles. The summed E-state index contributed by atoms with van der Waals surface area (Å²) < 4.78 is 1.28. The first-order valence-electron chi connectivity index (χ1n) is 26.9. The van der Waals surface area contributed by atoms with Gasteiger partial charge in [-0.1, -0.05) is 142 Å². The van der Waals surface area contributed by atoms with E-state index in [2.05, 4.69) is 92.9 Å². The molecule has 0 aromatic carbocycles. The lowest BCUT2D eigenvalue weighted by Gasteiger charge is -2.45. The van der Waals surface area contributed by atoms with E-state index in [1.54, 1.807) is 4.90 Å². The fourth-order valence-electron chi connectivity index (χ4n) is 8.82. The highest BCUT2D eigenvalue weighted by atomic mass is 32.1. The van der Waals surface area contributed by atoms with Crippen molar-refractivity contribution in [2.75, 3.05) is 44.2 Å². The van der Waals surface area contributed by atoms with E-state index in [9.17, 15) is 9.59 Å². The van der Waals surface area contributed by atoms with Crippen LogP contribution in [0.25, 0.3) is 0 Å². The highest BCUT2D eigenvalue weighted by molar-refractivity contribution is 7.80. The van der Waals surface area contributed by atoms with Crippen molar-refractivity contribution >= 4 is 37.1 Å². The lowest BCUT2D eigenvalue weighted by molar-refractivity contribution is -0.965. The third-order valence-electron chi connectivity index (χ3n) is 13.2. The fourth-order valence-corrected chi connectivity index (χ4v) is 9.36. The van der Waals surface area contributed by atoms with Crippen LogP contribution in [0.2, 0.25) is 0 Å². The van der Waals surface area contributed by atoms with E-state index in [0.717, 1.165) is 68.3 Å². The van der Waals surface area contributed by atoms with Crippen LogP contribution in [0.15, 0.2) is 0 Å². The molecule has 0 aliphatic carbocycles. The van der Waals surface area contributed by atoms with Gasteiger partial charge in [0.05, 0.1) is 44.3 Å². The lowest BCUT2D eigenvalue weighted by atomic mass is 10.0. The van der Waals surface area contributed by atoms with Gasteiger partial charge in [-0.2, -0.15) is 25.3 Å². The molecule has 0 fully saturated rings. The van der Waals surface area contributed by atoms with Crippen molar-refractivity contribution in [2.45, 2.75) is 286 Å². The SMILES string of the molecule is CCCCS.CC[N+](CCCCCCCCCCCCCCCC(N)=O)(C(C)C)C(C)C.CC[NH+](CCCCCCCCCCCCCCCC(=O)NCCCCS)C(C)C. The van der Waals surface area contributed by atoms with E-state index < -0.39 is 0 Å². The highest BCUT2D eigenvalue weighted by Gasteiger charge is 2.32. The molecular formula is C53H114N4O2S2+2. The molecule has 8 heteroatoms. The fraction of sp³-hybridized carbons (Fsp3) is 0.962. The number of hydrogen-bond acceptors (Lipinski definition) is 4. The number of carbonyl (C=O) groups is 2. The molecule has 0 aliphatic rings. The number of carbonyl (C=O) groups excluding carboxylic acids is 2. The number of nitrogens with two attached hydrogens (primary N) is 1. The number of thiol groups is 2. The van der Waals surface area contributed by atoms with Gasteiger partial charge in [0.15, 0.2) is 0 Å². The minimum Gasteiger partial charge on any atom is -0.370 e. The molecule has 368 valence electrons. The van der Waals surface area contributed by atoms with Crippen molar-refractivity contribution in [3.05, 3.63) is 0 Å². The number of amides is 2. The van der Waals surface area contributed by atoms with Gasteiger partial charge < -0.3 is 20.4 Å². The maximum Gasteiger partial charge on any atom is 0.219 e. The predicted molar refractivity (Wildman–Crippen MR) is 281 cm³/mol. The van der Waals surface area contributed by atoms with Crippen molar-refractivity contribution in [1.82, 2.24) is 5.32 Å². The first-order chi connectivity index (χ1) is 29.4. The van der Waals surface area contributed by atoms with E-state index >= 15 is 0 Å². The van der Waals surface area contributed by atoms with Crippen LogP contribution in [0.1, 0.15) is 268 Å². The summed E-state index contributed by atoms with van der Waals surface area (Å²) >= 11 is 8.18. The van der Waals surface area contributed by atoms with Gasteiger partial charge in [-0.15, -0.1) is 0 Å². The van der Waals surface area contributed by atoms with E-state index in [1.807, 2.05) is 0 Å². The topological polar surface area (TPSA) is 76.6 Å². The van der Waals surface area contributed by atoms with Crippen LogP contribution in [0.4, 0.5) is 0 Å². The number of hydrogen-bond donors (Lipinski definition) is 5. The summed E-state index contributed by atoms with van der Waals surface area (Å²) in [5, 5.41) is 3.00. The zero-order valence-electron chi connectivity index (χ0n) is 43.0. The summed E-state index contributed by atoms with van der Waals surface area (Å²) in [6.45, 7) is 27.1. The molecule has 0 radical (unpaired) electrons. The molecular weight excluding hydrogens is 789 g/mol. The molecule has 2 amide bonds. The number of rotatable bonds is 43. The van der Waals surface area contributed by atoms with Crippen LogP contribution in [0.3, 0.4) is 0 Å². The van der Waals surface area contributed by atoms with Crippen molar-refractivity contribution in [2.24, 2.45) is 5.73 Å². The molecule has 0 aromatic rings. The first kappa shape index (κ1) is 64.8. The molecule has 0 aliphatic heterocycles. The minimum atomic E-state index is -0.154. The average Bonchev–Trinajstić information content (AvgIpc) is 3.22. The van der Waals surface area contributed by atoms with Crippen LogP contribution in [0, 0.1) is 0 Å². The molecule has 0 rings (SSSR count). The summed E-state index contributed by atoms with van der Waals surface area (Å²) in [7, 11) is 0. The second-order valence-corrected chi connectivity index (χ2v) is 20.2. The summed E-state index contributed by atoms with van der Waals surface area (Å²) in [4.78, 5) is 24.1. The average molecular weight is 904 g/mol. The second kappa shape index (κ2) is 50.6. The van der Waals surface area contributed by atoms with Gasteiger partial charge in [0, 0.05) is 19.4 Å². The summed E-state index contributed by atoms with van der Waals surface area (Å²) in [5.41, 5.74) is 5.15. The van der Waals surface area contributed by atoms with Gasteiger partial charge >= 0.3 is 0 Å². The molecule has 0 bridgehead atoms. The Morgan fingerprint density at radius 2 is 0.885 bits per heavy atom. The number of primary amides is 1. The normalized spacial score (nSPS) is 12.0. The Kier molecular flexibility index (Phi) is 53.7.